The van der Waals surface area contributed by atoms with Gasteiger partial charge >= 0.3 is 0 Å². The highest BCUT2D eigenvalue weighted by Gasteiger charge is 2.33. The van der Waals surface area contributed by atoms with Crippen molar-refractivity contribution >= 4 is 11.5 Å². The number of rotatable bonds is 2. The summed E-state index contributed by atoms with van der Waals surface area (Å²) in [7, 11) is 4.47. The van der Waals surface area contributed by atoms with E-state index in [1.165, 1.54) is 23.4 Å². The van der Waals surface area contributed by atoms with E-state index in [9.17, 15) is 0 Å². The van der Waals surface area contributed by atoms with E-state index in [2.05, 4.69) is 37.5 Å². The standard InChI is InChI=1S/C15H27N5/c1-10-5-6-13-14(16)15(17-20(13)11(10)2)19-8-7-12(9-19)18(3)4/h10-12H,5-9,16H2,1-4H3/p+1. The zero-order valence-corrected chi connectivity index (χ0v) is 13.2. The Kier molecular flexibility index (Phi) is 3.40. The third kappa shape index (κ3) is 2.08. The van der Waals surface area contributed by atoms with Crippen molar-refractivity contribution in [3.8, 4) is 0 Å². The second-order valence-corrected chi connectivity index (χ2v) is 6.89. The maximum absolute atomic E-state index is 6.40. The highest BCUT2D eigenvalue weighted by Crippen LogP contribution is 2.37. The molecule has 2 aliphatic heterocycles. The fourth-order valence-electron chi connectivity index (χ4n) is 3.56. The fourth-order valence-corrected chi connectivity index (χ4v) is 3.56. The molecular formula is C15H28N5+. The summed E-state index contributed by atoms with van der Waals surface area (Å²) in [5.41, 5.74) is 8.59. The van der Waals surface area contributed by atoms with Crippen molar-refractivity contribution < 1.29 is 4.90 Å². The van der Waals surface area contributed by atoms with Crippen LogP contribution in [0.3, 0.4) is 0 Å². The summed E-state index contributed by atoms with van der Waals surface area (Å²) in [6.07, 6.45) is 3.53. The van der Waals surface area contributed by atoms with E-state index < -0.39 is 0 Å². The molecule has 0 amide bonds. The lowest BCUT2D eigenvalue weighted by molar-refractivity contribution is -0.882. The van der Waals surface area contributed by atoms with Gasteiger partial charge in [-0.15, -0.1) is 0 Å². The predicted molar refractivity (Wildman–Crippen MR) is 82.3 cm³/mol. The van der Waals surface area contributed by atoms with Crippen LogP contribution in [-0.4, -0.2) is 43.0 Å². The summed E-state index contributed by atoms with van der Waals surface area (Å²) in [5.74, 6) is 1.72. The molecule has 1 saturated heterocycles. The Labute approximate surface area is 121 Å². The Bertz CT molecular complexity index is 493. The molecule has 0 saturated carbocycles. The van der Waals surface area contributed by atoms with E-state index in [0.29, 0.717) is 18.0 Å². The van der Waals surface area contributed by atoms with Gasteiger partial charge in [0.2, 0.25) is 0 Å². The van der Waals surface area contributed by atoms with Gasteiger partial charge in [-0.2, -0.15) is 5.10 Å². The van der Waals surface area contributed by atoms with Gasteiger partial charge in [0.25, 0.3) is 0 Å². The van der Waals surface area contributed by atoms with Crippen molar-refractivity contribution in [3.05, 3.63) is 5.69 Å². The molecule has 112 valence electrons. The third-order valence-electron chi connectivity index (χ3n) is 5.38. The average molecular weight is 278 g/mol. The lowest BCUT2D eigenvalue weighted by Gasteiger charge is -2.27. The zero-order chi connectivity index (χ0) is 14.4. The summed E-state index contributed by atoms with van der Waals surface area (Å²) < 4.78 is 2.19. The maximum Gasteiger partial charge on any atom is 0.174 e. The maximum atomic E-state index is 6.40. The molecule has 3 N–H and O–H groups in total. The average Bonchev–Trinajstić information content (AvgIpc) is 2.99. The van der Waals surface area contributed by atoms with Gasteiger partial charge in [0.05, 0.1) is 38.1 Å². The van der Waals surface area contributed by atoms with Gasteiger partial charge in [-0.25, -0.2) is 0 Å². The lowest BCUT2D eigenvalue weighted by atomic mass is 9.93. The molecule has 1 fully saturated rings. The summed E-state index contributed by atoms with van der Waals surface area (Å²) >= 11 is 0. The van der Waals surface area contributed by atoms with Crippen LogP contribution in [0.5, 0.6) is 0 Å². The Morgan fingerprint density at radius 2 is 2.00 bits per heavy atom. The van der Waals surface area contributed by atoms with Crippen molar-refractivity contribution in [2.75, 3.05) is 37.8 Å². The van der Waals surface area contributed by atoms with Crippen LogP contribution in [0, 0.1) is 5.92 Å². The van der Waals surface area contributed by atoms with Crippen molar-refractivity contribution in [2.24, 2.45) is 5.92 Å². The van der Waals surface area contributed by atoms with Crippen molar-refractivity contribution in [3.63, 3.8) is 0 Å². The van der Waals surface area contributed by atoms with Crippen LogP contribution >= 0.6 is 0 Å². The molecule has 5 heteroatoms. The molecule has 0 aromatic carbocycles. The first-order valence-corrected chi connectivity index (χ1v) is 7.91. The highest BCUT2D eigenvalue weighted by molar-refractivity contribution is 5.67. The number of anilines is 2. The minimum absolute atomic E-state index is 0.465. The number of hydrogen-bond acceptors (Lipinski definition) is 3. The minimum Gasteiger partial charge on any atom is -0.394 e. The Morgan fingerprint density at radius 1 is 1.25 bits per heavy atom. The van der Waals surface area contributed by atoms with Crippen LogP contribution in [-0.2, 0) is 6.42 Å². The Hall–Kier alpha value is -1.23. The number of aromatic nitrogens is 2. The summed E-state index contributed by atoms with van der Waals surface area (Å²) in [4.78, 5) is 3.91. The molecule has 3 atom stereocenters. The Balaban J connectivity index is 1.87. The topological polar surface area (TPSA) is 51.5 Å². The second-order valence-electron chi connectivity index (χ2n) is 6.89. The van der Waals surface area contributed by atoms with Crippen molar-refractivity contribution in [1.29, 1.82) is 0 Å². The number of nitrogen functional groups attached to an aromatic ring is 1. The molecule has 0 radical (unpaired) electrons. The van der Waals surface area contributed by atoms with Crippen molar-refractivity contribution in [1.82, 2.24) is 9.78 Å². The molecule has 3 unspecified atom stereocenters. The van der Waals surface area contributed by atoms with Crippen LogP contribution in [0.4, 0.5) is 11.5 Å². The first kappa shape index (κ1) is 13.7. The summed E-state index contributed by atoms with van der Waals surface area (Å²) in [6.45, 7) is 6.74. The molecule has 20 heavy (non-hydrogen) atoms. The molecule has 3 rings (SSSR count). The number of nitrogens with zero attached hydrogens (tertiary/aromatic N) is 3. The smallest absolute Gasteiger partial charge is 0.174 e. The van der Waals surface area contributed by atoms with Gasteiger partial charge in [0.15, 0.2) is 5.82 Å². The molecule has 2 aliphatic rings. The summed E-state index contributed by atoms with van der Waals surface area (Å²) in [6, 6.07) is 1.16. The number of nitrogens with two attached hydrogens (primary N) is 1. The van der Waals surface area contributed by atoms with Crippen molar-refractivity contribution in [2.45, 2.75) is 45.2 Å². The van der Waals surface area contributed by atoms with Gasteiger partial charge in [0.1, 0.15) is 6.04 Å². The van der Waals surface area contributed by atoms with Gasteiger partial charge in [-0.1, -0.05) is 6.92 Å². The number of fused-ring (bicyclic) bond motifs is 1. The monoisotopic (exact) mass is 278 g/mol. The van der Waals surface area contributed by atoms with Crippen LogP contribution in [0.1, 0.15) is 38.4 Å². The molecule has 0 aliphatic carbocycles. The zero-order valence-electron chi connectivity index (χ0n) is 13.2. The van der Waals surface area contributed by atoms with Crippen LogP contribution in [0.2, 0.25) is 0 Å². The lowest BCUT2D eigenvalue weighted by Crippen LogP contribution is -3.10. The molecule has 3 heterocycles. The van der Waals surface area contributed by atoms with E-state index in [1.807, 2.05) is 0 Å². The van der Waals surface area contributed by atoms with Gasteiger partial charge in [-0.3, -0.25) is 4.68 Å². The quantitative estimate of drug-likeness (QED) is 0.820. The molecule has 0 spiro atoms. The van der Waals surface area contributed by atoms with E-state index in [-0.39, 0.29) is 0 Å². The van der Waals surface area contributed by atoms with Gasteiger partial charge in [0, 0.05) is 13.0 Å². The largest absolute Gasteiger partial charge is 0.394 e. The minimum atomic E-state index is 0.465. The van der Waals surface area contributed by atoms with Gasteiger partial charge in [-0.05, 0) is 25.7 Å². The van der Waals surface area contributed by atoms with E-state index >= 15 is 0 Å². The molecule has 1 aromatic heterocycles. The first-order valence-electron chi connectivity index (χ1n) is 7.91. The second kappa shape index (κ2) is 4.95. The van der Waals surface area contributed by atoms with E-state index in [1.54, 1.807) is 0 Å². The number of quaternary nitrogens is 1. The first-order chi connectivity index (χ1) is 9.49. The summed E-state index contributed by atoms with van der Waals surface area (Å²) in [5, 5.41) is 4.87. The Morgan fingerprint density at radius 3 is 2.65 bits per heavy atom. The van der Waals surface area contributed by atoms with Crippen LogP contribution in [0.25, 0.3) is 0 Å². The molecule has 1 aromatic rings. The van der Waals surface area contributed by atoms with Gasteiger partial charge < -0.3 is 15.5 Å². The third-order valence-corrected chi connectivity index (χ3v) is 5.38. The predicted octanol–water partition coefficient (Wildman–Crippen LogP) is 0.332. The molecular weight excluding hydrogens is 250 g/mol. The number of hydrogen-bond donors (Lipinski definition) is 2. The normalized spacial score (nSPS) is 30.1. The highest BCUT2D eigenvalue weighted by atomic mass is 15.4. The number of likely N-dealkylation sites (N-methyl/N-ethyl adjacent to an activating group) is 1. The SMILES string of the molecule is CC1CCc2c(N)c(N3CCC([NH+](C)C)C3)nn2C1C. The molecule has 0 bridgehead atoms. The van der Waals surface area contributed by atoms with Crippen LogP contribution < -0.4 is 15.5 Å². The van der Waals surface area contributed by atoms with Crippen LogP contribution in [0.15, 0.2) is 0 Å². The fraction of sp³-hybridized carbons (Fsp3) is 0.800. The van der Waals surface area contributed by atoms with E-state index in [0.717, 1.165) is 31.0 Å². The molecule has 5 nitrogen and oxygen atoms in total. The van der Waals surface area contributed by atoms with E-state index in [4.69, 9.17) is 10.8 Å². The number of nitrogens with one attached hydrogen (secondary N) is 1.